The van der Waals surface area contributed by atoms with Crippen molar-refractivity contribution < 1.29 is 19.0 Å². The maximum Gasteiger partial charge on any atom is 0.129 e. The molecule has 4 nitrogen and oxygen atoms in total. The summed E-state index contributed by atoms with van der Waals surface area (Å²) >= 11 is 0. The predicted octanol–water partition coefficient (Wildman–Crippen LogP) is 2.10. The van der Waals surface area contributed by atoms with Crippen LogP contribution in [0.15, 0.2) is 16.5 Å². The fourth-order valence-electron chi connectivity index (χ4n) is 1.16. The lowest BCUT2D eigenvalue weighted by molar-refractivity contribution is -0.0396. The van der Waals surface area contributed by atoms with Crippen LogP contribution in [0.1, 0.15) is 32.3 Å². The van der Waals surface area contributed by atoms with Crippen LogP contribution in [-0.4, -0.2) is 23.9 Å². The largest absolute Gasteiger partial charge is 0.461 e. The van der Waals surface area contributed by atoms with E-state index in [1.807, 2.05) is 20.8 Å². The Morgan fingerprint density at radius 1 is 1.19 bits per heavy atom. The van der Waals surface area contributed by atoms with Gasteiger partial charge in [0.2, 0.25) is 0 Å². The molecule has 0 atom stereocenters. The molecule has 0 saturated heterocycles. The standard InChI is InChI=1S/C12H20O4/c1-12(2,3)15-7-6-14-9-11-5-4-10(8-13)16-11/h4-5,13H,6-9H2,1-3H3. The molecule has 0 radical (unpaired) electrons. The van der Waals surface area contributed by atoms with Gasteiger partial charge < -0.3 is 19.0 Å². The van der Waals surface area contributed by atoms with Crippen LogP contribution in [0.25, 0.3) is 0 Å². The molecule has 0 aromatic carbocycles. The smallest absolute Gasteiger partial charge is 0.129 e. The Bertz CT molecular complexity index is 298. The SMILES string of the molecule is CC(C)(C)OCCOCc1ccc(CO)o1. The van der Waals surface area contributed by atoms with Crippen molar-refractivity contribution in [2.45, 2.75) is 39.6 Å². The van der Waals surface area contributed by atoms with Crippen molar-refractivity contribution in [3.05, 3.63) is 23.7 Å². The quantitative estimate of drug-likeness (QED) is 0.758. The summed E-state index contributed by atoms with van der Waals surface area (Å²) in [5, 5.41) is 8.80. The number of hydrogen-bond acceptors (Lipinski definition) is 4. The van der Waals surface area contributed by atoms with Gasteiger partial charge in [0.05, 0.1) is 18.8 Å². The molecule has 0 spiro atoms. The number of hydrogen-bond donors (Lipinski definition) is 1. The minimum atomic E-state index is -0.127. The fraction of sp³-hybridized carbons (Fsp3) is 0.667. The van der Waals surface area contributed by atoms with Crippen molar-refractivity contribution in [2.24, 2.45) is 0 Å². The van der Waals surface area contributed by atoms with E-state index in [9.17, 15) is 0 Å². The first kappa shape index (κ1) is 13.2. The lowest BCUT2D eigenvalue weighted by atomic mass is 10.2. The van der Waals surface area contributed by atoms with Crippen molar-refractivity contribution in [1.29, 1.82) is 0 Å². The summed E-state index contributed by atoms with van der Waals surface area (Å²) in [6, 6.07) is 3.54. The fourth-order valence-corrected chi connectivity index (χ4v) is 1.16. The Morgan fingerprint density at radius 2 is 1.88 bits per heavy atom. The molecule has 0 aliphatic heterocycles. The van der Waals surface area contributed by atoms with Crippen LogP contribution < -0.4 is 0 Å². The van der Waals surface area contributed by atoms with Crippen LogP contribution >= 0.6 is 0 Å². The number of aliphatic hydroxyl groups is 1. The lowest BCUT2D eigenvalue weighted by Crippen LogP contribution is -2.21. The first-order chi connectivity index (χ1) is 7.51. The summed E-state index contributed by atoms with van der Waals surface area (Å²) in [5.74, 6) is 1.28. The molecule has 0 aliphatic carbocycles. The summed E-state index contributed by atoms with van der Waals surface area (Å²) in [6.07, 6.45) is 0. The molecule has 92 valence electrons. The van der Waals surface area contributed by atoms with Crippen molar-refractivity contribution in [1.82, 2.24) is 0 Å². The number of ether oxygens (including phenoxy) is 2. The van der Waals surface area contributed by atoms with Crippen LogP contribution in [0.3, 0.4) is 0 Å². The first-order valence-corrected chi connectivity index (χ1v) is 5.41. The minimum absolute atomic E-state index is 0.0763. The van der Waals surface area contributed by atoms with E-state index in [0.717, 1.165) is 5.76 Å². The summed E-state index contributed by atoms with van der Waals surface area (Å²) in [4.78, 5) is 0. The molecule has 0 amide bonds. The molecule has 1 rings (SSSR count). The monoisotopic (exact) mass is 228 g/mol. The van der Waals surface area contributed by atoms with E-state index in [1.54, 1.807) is 12.1 Å². The molecule has 1 heterocycles. The number of furan rings is 1. The number of aliphatic hydroxyl groups excluding tert-OH is 1. The molecular weight excluding hydrogens is 208 g/mol. The Morgan fingerprint density at radius 3 is 2.44 bits per heavy atom. The van der Waals surface area contributed by atoms with Crippen molar-refractivity contribution in [2.75, 3.05) is 13.2 Å². The molecule has 16 heavy (non-hydrogen) atoms. The van der Waals surface area contributed by atoms with E-state index in [1.165, 1.54) is 0 Å². The van der Waals surface area contributed by atoms with Gasteiger partial charge in [-0.25, -0.2) is 0 Å². The molecule has 0 saturated carbocycles. The zero-order chi connectivity index (χ0) is 12.0. The van der Waals surface area contributed by atoms with Gasteiger partial charge in [0.15, 0.2) is 0 Å². The first-order valence-electron chi connectivity index (χ1n) is 5.41. The van der Waals surface area contributed by atoms with E-state index in [-0.39, 0.29) is 12.2 Å². The zero-order valence-electron chi connectivity index (χ0n) is 10.2. The van der Waals surface area contributed by atoms with Crippen LogP contribution in [0.4, 0.5) is 0 Å². The van der Waals surface area contributed by atoms with E-state index in [0.29, 0.717) is 25.6 Å². The molecule has 0 aliphatic rings. The molecule has 0 fully saturated rings. The van der Waals surface area contributed by atoms with Gasteiger partial charge in [-0.05, 0) is 32.9 Å². The van der Waals surface area contributed by atoms with Gasteiger partial charge in [-0.3, -0.25) is 0 Å². The average molecular weight is 228 g/mol. The van der Waals surface area contributed by atoms with Crippen LogP contribution in [-0.2, 0) is 22.7 Å². The van der Waals surface area contributed by atoms with E-state index < -0.39 is 0 Å². The summed E-state index contributed by atoms with van der Waals surface area (Å²) in [6.45, 7) is 7.46. The molecule has 1 aromatic heterocycles. The Hall–Kier alpha value is -0.840. The molecule has 0 unspecified atom stereocenters. The molecule has 0 bridgehead atoms. The van der Waals surface area contributed by atoms with E-state index in [4.69, 9.17) is 19.0 Å². The van der Waals surface area contributed by atoms with Crippen molar-refractivity contribution in [3.63, 3.8) is 0 Å². The highest BCUT2D eigenvalue weighted by Gasteiger charge is 2.09. The highest BCUT2D eigenvalue weighted by atomic mass is 16.5. The maximum absolute atomic E-state index is 8.80. The third-order valence-corrected chi connectivity index (χ3v) is 1.88. The molecule has 1 aromatic rings. The van der Waals surface area contributed by atoms with Crippen molar-refractivity contribution >= 4 is 0 Å². The predicted molar refractivity (Wildman–Crippen MR) is 60.0 cm³/mol. The van der Waals surface area contributed by atoms with E-state index in [2.05, 4.69) is 0 Å². The topological polar surface area (TPSA) is 51.8 Å². The van der Waals surface area contributed by atoms with Gasteiger partial charge in [-0.2, -0.15) is 0 Å². The molecular formula is C12H20O4. The highest BCUT2D eigenvalue weighted by Crippen LogP contribution is 2.09. The van der Waals surface area contributed by atoms with Gasteiger partial charge in [0.25, 0.3) is 0 Å². The molecule has 4 heteroatoms. The average Bonchev–Trinajstić information content (AvgIpc) is 2.63. The Balaban J connectivity index is 2.11. The third kappa shape index (κ3) is 5.30. The minimum Gasteiger partial charge on any atom is -0.461 e. The number of rotatable bonds is 6. The molecule has 1 N–H and O–H groups in total. The van der Waals surface area contributed by atoms with Crippen molar-refractivity contribution in [3.8, 4) is 0 Å². The highest BCUT2D eigenvalue weighted by molar-refractivity contribution is 5.05. The summed E-state index contributed by atoms with van der Waals surface area (Å²) in [5.41, 5.74) is -0.127. The Labute approximate surface area is 96.2 Å². The Kier molecular flexibility index (Phi) is 4.99. The zero-order valence-corrected chi connectivity index (χ0v) is 10.2. The second-order valence-electron chi connectivity index (χ2n) is 4.54. The second-order valence-corrected chi connectivity index (χ2v) is 4.54. The summed E-state index contributed by atoms with van der Waals surface area (Å²) < 4.78 is 16.1. The normalized spacial score (nSPS) is 12.0. The van der Waals surface area contributed by atoms with Gasteiger partial charge in [0.1, 0.15) is 24.7 Å². The van der Waals surface area contributed by atoms with Crippen LogP contribution in [0.5, 0.6) is 0 Å². The third-order valence-electron chi connectivity index (χ3n) is 1.88. The maximum atomic E-state index is 8.80. The van der Waals surface area contributed by atoms with Gasteiger partial charge in [-0.1, -0.05) is 0 Å². The van der Waals surface area contributed by atoms with E-state index >= 15 is 0 Å². The van der Waals surface area contributed by atoms with Crippen LogP contribution in [0.2, 0.25) is 0 Å². The second kappa shape index (κ2) is 6.03. The summed E-state index contributed by atoms with van der Waals surface area (Å²) in [7, 11) is 0. The van der Waals surface area contributed by atoms with Gasteiger partial charge in [0, 0.05) is 0 Å². The van der Waals surface area contributed by atoms with Crippen LogP contribution in [0, 0.1) is 0 Å². The van der Waals surface area contributed by atoms with Gasteiger partial charge in [-0.15, -0.1) is 0 Å². The lowest BCUT2D eigenvalue weighted by Gasteiger charge is -2.19. The van der Waals surface area contributed by atoms with Gasteiger partial charge >= 0.3 is 0 Å².